The van der Waals surface area contributed by atoms with Crippen molar-refractivity contribution in [2.24, 2.45) is 5.92 Å². The molecule has 1 aromatic rings. The molecule has 0 bridgehead atoms. The second-order valence-electron chi connectivity index (χ2n) is 5.15. The lowest BCUT2D eigenvalue weighted by molar-refractivity contribution is -0.118. The molecule has 0 aliphatic heterocycles. The van der Waals surface area contributed by atoms with Crippen LogP contribution in [0.15, 0.2) is 18.3 Å². The second kappa shape index (κ2) is 7.37. The average Bonchev–Trinajstić information content (AvgIpc) is 2.36. The first-order valence-electron chi connectivity index (χ1n) is 6.49. The molecule has 1 unspecified atom stereocenters. The Balaban J connectivity index is 2.79. The fraction of sp³-hybridized carbons (Fsp3) is 0.538. The van der Waals surface area contributed by atoms with Crippen LogP contribution in [0.1, 0.15) is 20.3 Å². The minimum atomic E-state index is -3.46. The lowest BCUT2D eigenvalue weighted by atomic mass is 10.0. The van der Waals surface area contributed by atoms with Crippen molar-refractivity contribution in [1.82, 2.24) is 9.71 Å². The van der Waals surface area contributed by atoms with E-state index in [1.807, 2.05) is 13.8 Å². The van der Waals surface area contributed by atoms with Crippen LogP contribution >= 0.6 is 0 Å². The number of methoxy groups -OCH3 is 1. The zero-order chi connectivity index (χ0) is 16.0. The monoisotopic (exact) mass is 315 g/mol. The Kier molecular flexibility index (Phi) is 6.10. The van der Waals surface area contributed by atoms with Gasteiger partial charge in [-0.25, -0.2) is 18.1 Å². The lowest BCUT2D eigenvalue weighted by Crippen LogP contribution is -2.44. The Bertz CT molecular complexity index is 570. The summed E-state index contributed by atoms with van der Waals surface area (Å²) >= 11 is 0. The van der Waals surface area contributed by atoms with Gasteiger partial charge in [0.05, 0.1) is 25.2 Å². The summed E-state index contributed by atoms with van der Waals surface area (Å²) in [7, 11) is -1.97. The number of hydrogen-bond donors (Lipinski definition) is 2. The van der Waals surface area contributed by atoms with Crippen LogP contribution in [0.25, 0.3) is 0 Å². The van der Waals surface area contributed by atoms with Crippen molar-refractivity contribution in [2.45, 2.75) is 26.3 Å². The quantitative estimate of drug-likeness (QED) is 0.782. The van der Waals surface area contributed by atoms with E-state index in [9.17, 15) is 13.2 Å². The SMILES string of the molecule is COc1ccc(NC(=O)C(CC(C)C)NS(C)(=O)=O)cn1. The molecule has 0 radical (unpaired) electrons. The third-order valence-corrected chi connectivity index (χ3v) is 3.31. The lowest BCUT2D eigenvalue weighted by Gasteiger charge is -2.19. The predicted octanol–water partition coefficient (Wildman–Crippen LogP) is 0.993. The molecule has 2 N–H and O–H groups in total. The van der Waals surface area contributed by atoms with Crippen LogP contribution in [0.4, 0.5) is 5.69 Å². The number of amides is 1. The molecule has 21 heavy (non-hydrogen) atoms. The molecule has 0 spiro atoms. The number of aromatic nitrogens is 1. The highest BCUT2D eigenvalue weighted by Crippen LogP contribution is 2.13. The highest BCUT2D eigenvalue weighted by Gasteiger charge is 2.23. The van der Waals surface area contributed by atoms with Crippen molar-refractivity contribution in [1.29, 1.82) is 0 Å². The topological polar surface area (TPSA) is 97.4 Å². The van der Waals surface area contributed by atoms with Gasteiger partial charge in [0.25, 0.3) is 0 Å². The summed E-state index contributed by atoms with van der Waals surface area (Å²) in [4.78, 5) is 16.2. The van der Waals surface area contributed by atoms with Crippen molar-refractivity contribution in [3.8, 4) is 5.88 Å². The first kappa shape index (κ1) is 17.4. The molecule has 1 atom stereocenters. The number of anilines is 1. The Morgan fingerprint density at radius 3 is 2.48 bits per heavy atom. The highest BCUT2D eigenvalue weighted by atomic mass is 32.2. The van der Waals surface area contributed by atoms with Crippen molar-refractivity contribution >= 4 is 21.6 Å². The molecule has 0 saturated carbocycles. The van der Waals surface area contributed by atoms with Crippen LogP contribution in [0, 0.1) is 5.92 Å². The number of hydrogen-bond acceptors (Lipinski definition) is 5. The summed E-state index contributed by atoms with van der Waals surface area (Å²) in [6.07, 6.45) is 2.88. The van der Waals surface area contributed by atoms with Gasteiger partial charge in [-0.15, -0.1) is 0 Å². The van der Waals surface area contributed by atoms with Gasteiger partial charge in [-0.05, 0) is 18.4 Å². The van der Waals surface area contributed by atoms with Crippen LogP contribution in [0.5, 0.6) is 5.88 Å². The minimum absolute atomic E-state index is 0.170. The van der Waals surface area contributed by atoms with Crippen molar-refractivity contribution < 1.29 is 17.9 Å². The number of carbonyl (C=O) groups excluding carboxylic acids is 1. The maximum Gasteiger partial charge on any atom is 0.242 e. The zero-order valence-corrected chi connectivity index (χ0v) is 13.4. The fourth-order valence-electron chi connectivity index (χ4n) is 1.74. The van der Waals surface area contributed by atoms with Gasteiger partial charge >= 0.3 is 0 Å². The van der Waals surface area contributed by atoms with Gasteiger partial charge in [0.15, 0.2) is 0 Å². The standard InChI is InChI=1S/C13H21N3O4S/c1-9(2)7-11(16-21(4,18)19)13(17)15-10-5-6-12(20-3)14-8-10/h5-6,8-9,11,16H,7H2,1-4H3,(H,15,17). The van der Waals surface area contributed by atoms with Crippen molar-refractivity contribution in [3.63, 3.8) is 0 Å². The van der Waals surface area contributed by atoms with E-state index in [2.05, 4.69) is 15.0 Å². The average molecular weight is 315 g/mol. The van der Waals surface area contributed by atoms with E-state index in [0.29, 0.717) is 18.0 Å². The van der Waals surface area contributed by atoms with E-state index in [-0.39, 0.29) is 5.92 Å². The van der Waals surface area contributed by atoms with Crippen LogP contribution in [0.2, 0.25) is 0 Å². The smallest absolute Gasteiger partial charge is 0.242 e. The number of nitrogens with one attached hydrogen (secondary N) is 2. The number of pyridine rings is 1. The third-order valence-electron chi connectivity index (χ3n) is 2.59. The molecule has 1 rings (SSSR count). The number of nitrogens with zero attached hydrogens (tertiary/aromatic N) is 1. The largest absolute Gasteiger partial charge is 0.481 e. The summed E-state index contributed by atoms with van der Waals surface area (Å²) < 4.78 is 30.0. The van der Waals surface area contributed by atoms with Gasteiger partial charge < -0.3 is 10.1 Å². The summed E-state index contributed by atoms with van der Waals surface area (Å²) in [6, 6.07) is 2.43. The Labute approximate surface area is 125 Å². The summed E-state index contributed by atoms with van der Waals surface area (Å²) in [6.45, 7) is 3.83. The second-order valence-corrected chi connectivity index (χ2v) is 6.93. The first-order chi connectivity index (χ1) is 9.71. The molecule has 0 aliphatic carbocycles. The molecule has 1 heterocycles. The molecule has 1 aromatic heterocycles. The number of sulfonamides is 1. The number of ether oxygens (including phenoxy) is 1. The van der Waals surface area contributed by atoms with Crippen LogP contribution in [-0.2, 0) is 14.8 Å². The van der Waals surface area contributed by atoms with E-state index in [1.54, 1.807) is 12.1 Å². The van der Waals surface area contributed by atoms with E-state index < -0.39 is 22.0 Å². The molecule has 0 fully saturated rings. The molecule has 118 valence electrons. The maximum absolute atomic E-state index is 12.2. The Hall–Kier alpha value is -1.67. The van der Waals surface area contributed by atoms with Gasteiger partial charge in [-0.1, -0.05) is 13.8 Å². The van der Waals surface area contributed by atoms with Crippen molar-refractivity contribution in [2.75, 3.05) is 18.7 Å². The number of rotatable bonds is 7. The normalized spacial score (nSPS) is 13.0. The van der Waals surface area contributed by atoms with Gasteiger partial charge in [0.1, 0.15) is 6.04 Å². The van der Waals surface area contributed by atoms with Crippen LogP contribution < -0.4 is 14.8 Å². The van der Waals surface area contributed by atoms with Gasteiger partial charge in [0.2, 0.25) is 21.8 Å². The third kappa shape index (κ3) is 6.54. The van der Waals surface area contributed by atoms with Gasteiger partial charge in [0, 0.05) is 6.07 Å². The van der Waals surface area contributed by atoms with Gasteiger partial charge in [-0.3, -0.25) is 4.79 Å². The molecular weight excluding hydrogens is 294 g/mol. The molecule has 1 amide bonds. The maximum atomic E-state index is 12.2. The summed E-state index contributed by atoms with van der Waals surface area (Å²) in [5, 5.41) is 2.64. The highest BCUT2D eigenvalue weighted by molar-refractivity contribution is 7.88. The van der Waals surface area contributed by atoms with Crippen LogP contribution in [0.3, 0.4) is 0 Å². The van der Waals surface area contributed by atoms with Gasteiger partial charge in [-0.2, -0.15) is 0 Å². The fourth-order valence-corrected chi connectivity index (χ4v) is 2.46. The molecule has 0 aromatic carbocycles. The van der Waals surface area contributed by atoms with E-state index >= 15 is 0 Å². The molecular formula is C13H21N3O4S. The molecule has 0 saturated heterocycles. The van der Waals surface area contributed by atoms with E-state index in [0.717, 1.165) is 6.26 Å². The molecule has 7 nitrogen and oxygen atoms in total. The number of carbonyl (C=O) groups is 1. The van der Waals surface area contributed by atoms with E-state index in [4.69, 9.17) is 4.74 Å². The summed E-state index contributed by atoms with van der Waals surface area (Å²) in [5.74, 6) is 0.186. The van der Waals surface area contributed by atoms with Crippen LogP contribution in [-0.4, -0.2) is 38.7 Å². The van der Waals surface area contributed by atoms with E-state index in [1.165, 1.54) is 13.3 Å². The predicted molar refractivity (Wildman–Crippen MR) is 80.6 cm³/mol. The molecule has 8 heteroatoms. The Morgan fingerprint density at radius 2 is 2.05 bits per heavy atom. The zero-order valence-electron chi connectivity index (χ0n) is 12.6. The Morgan fingerprint density at radius 1 is 1.38 bits per heavy atom. The minimum Gasteiger partial charge on any atom is -0.481 e. The molecule has 0 aliphatic rings. The van der Waals surface area contributed by atoms with Crippen molar-refractivity contribution in [3.05, 3.63) is 18.3 Å². The summed E-state index contributed by atoms with van der Waals surface area (Å²) in [5.41, 5.74) is 0.477. The first-order valence-corrected chi connectivity index (χ1v) is 8.38.